The summed E-state index contributed by atoms with van der Waals surface area (Å²) >= 11 is 0. The first kappa shape index (κ1) is 15.7. The fourth-order valence-corrected chi connectivity index (χ4v) is 2.10. The van der Waals surface area contributed by atoms with Gasteiger partial charge >= 0.3 is 18.3 Å². The molecule has 0 unspecified atom stereocenters. The molecule has 0 fully saturated rings. The van der Waals surface area contributed by atoms with Crippen LogP contribution in [-0.4, -0.2) is 33.5 Å². The summed E-state index contributed by atoms with van der Waals surface area (Å²) in [4.78, 5) is 24.3. The lowest BCUT2D eigenvalue weighted by atomic mass is 10.1. The second kappa shape index (κ2) is 5.58. The zero-order valence-electron chi connectivity index (χ0n) is 10.9. The second-order valence-corrected chi connectivity index (χ2v) is 4.43. The molecular weight excluding hydrogens is 307 g/mol. The van der Waals surface area contributed by atoms with Crippen LogP contribution >= 0.6 is 0 Å². The minimum atomic E-state index is -4.87. The number of aliphatic carboxylic acids is 1. The van der Waals surface area contributed by atoms with Crippen LogP contribution in [0.15, 0.2) is 18.2 Å². The second-order valence-electron chi connectivity index (χ2n) is 4.43. The number of ether oxygens (including phenoxy) is 1. The first-order valence-electron chi connectivity index (χ1n) is 6.03. The predicted octanol–water partition coefficient (Wildman–Crippen LogP) is 2.78. The number of aryl methyl sites for hydroxylation is 1. The van der Waals surface area contributed by atoms with Gasteiger partial charge in [-0.2, -0.15) is 0 Å². The van der Waals surface area contributed by atoms with Crippen molar-refractivity contribution < 1.29 is 37.7 Å². The first-order valence-corrected chi connectivity index (χ1v) is 6.03. The number of nitrogens with one attached hydrogen (secondary N) is 1. The van der Waals surface area contributed by atoms with Gasteiger partial charge in [0.1, 0.15) is 11.4 Å². The number of hydrogen-bond donors (Lipinski definition) is 3. The van der Waals surface area contributed by atoms with Crippen molar-refractivity contribution >= 4 is 22.8 Å². The van der Waals surface area contributed by atoms with E-state index in [0.29, 0.717) is 0 Å². The molecule has 9 heteroatoms. The number of aromatic nitrogens is 1. The number of rotatable bonds is 5. The minimum absolute atomic E-state index is 0.123. The molecule has 22 heavy (non-hydrogen) atoms. The van der Waals surface area contributed by atoms with E-state index in [2.05, 4.69) is 9.72 Å². The molecule has 0 amide bonds. The summed E-state index contributed by atoms with van der Waals surface area (Å²) in [5.74, 6) is -2.98. The molecule has 0 aliphatic rings. The van der Waals surface area contributed by atoms with E-state index in [-0.39, 0.29) is 35.0 Å². The predicted molar refractivity (Wildman–Crippen MR) is 67.9 cm³/mol. The van der Waals surface area contributed by atoms with Gasteiger partial charge in [0.15, 0.2) is 0 Å². The van der Waals surface area contributed by atoms with Crippen LogP contribution in [0, 0.1) is 0 Å². The van der Waals surface area contributed by atoms with Crippen LogP contribution in [0.5, 0.6) is 5.75 Å². The van der Waals surface area contributed by atoms with E-state index < -0.39 is 24.1 Å². The molecule has 0 radical (unpaired) electrons. The molecule has 2 rings (SSSR count). The fraction of sp³-hybridized carbons (Fsp3) is 0.231. The number of alkyl halides is 3. The van der Waals surface area contributed by atoms with Gasteiger partial charge in [0.2, 0.25) is 0 Å². The Balaban J connectivity index is 2.50. The SMILES string of the molecule is O=C(O)CCc1c(C(=O)O)[nH]c2ccc(OC(F)(F)F)cc12. The third-order valence-corrected chi connectivity index (χ3v) is 2.91. The van der Waals surface area contributed by atoms with E-state index in [1.54, 1.807) is 0 Å². The van der Waals surface area contributed by atoms with E-state index in [0.717, 1.165) is 12.1 Å². The van der Waals surface area contributed by atoms with Gasteiger partial charge in [-0.25, -0.2) is 4.79 Å². The van der Waals surface area contributed by atoms with Crippen LogP contribution in [0.3, 0.4) is 0 Å². The topological polar surface area (TPSA) is 99.6 Å². The molecule has 2 aromatic rings. The van der Waals surface area contributed by atoms with Gasteiger partial charge in [-0.05, 0) is 30.2 Å². The average molecular weight is 317 g/mol. The van der Waals surface area contributed by atoms with Gasteiger partial charge in [-0.1, -0.05) is 0 Å². The zero-order chi connectivity index (χ0) is 16.5. The fourth-order valence-electron chi connectivity index (χ4n) is 2.10. The summed E-state index contributed by atoms with van der Waals surface area (Å²) < 4.78 is 40.5. The number of carboxylic acids is 2. The molecule has 3 N–H and O–H groups in total. The van der Waals surface area contributed by atoms with Crippen LogP contribution < -0.4 is 4.74 Å². The molecular formula is C13H10F3NO5. The lowest BCUT2D eigenvalue weighted by Gasteiger charge is -2.08. The van der Waals surface area contributed by atoms with Crippen molar-refractivity contribution in [1.29, 1.82) is 0 Å². The summed E-state index contributed by atoms with van der Waals surface area (Å²) in [5, 5.41) is 18.0. The number of fused-ring (bicyclic) bond motifs is 1. The Morgan fingerprint density at radius 3 is 2.45 bits per heavy atom. The maximum atomic E-state index is 12.2. The van der Waals surface area contributed by atoms with Crippen LogP contribution in [0.2, 0.25) is 0 Å². The quantitative estimate of drug-likeness (QED) is 0.787. The van der Waals surface area contributed by atoms with Crippen molar-refractivity contribution in [1.82, 2.24) is 4.98 Å². The summed E-state index contributed by atoms with van der Waals surface area (Å²) in [6, 6.07) is 3.31. The lowest BCUT2D eigenvalue weighted by Crippen LogP contribution is -2.17. The van der Waals surface area contributed by atoms with Crippen molar-refractivity contribution in [2.75, 3.05) is 0 Å². The van der Waals surface area contributed by atoms with E-state index in [1.807, 2.05) is 0 Å². The molecule has 1 aromatic carbocycles. The van der Waals surface area contributed by atoms with Gasteiger partial charge in [0, 0.05) is 17.3 Å². The number of carbonyl (C=O) groups is 2. The largest absolute Gasteiger partial charge is 0.573 e. The van der Waals surface area contributed by atoms with Gasteiger partial charge in [0.25, 0.3) is 0 Å². The number of aromatic amines is 1. The highest BCUT2D eigenvalue weighted by Crippen LogP contribution is 2.30. The van der Waals surface area contributed by atoms with Crippen LogP contribution in [-0.2, 0) is 11.2 Å². The number of H-pyrrole nitrogens is 1. The molecule has 1 heterocycles. The Morgan fingerprint density at radius 2 is 1.91 bits per heavy atom. The monoisotopic (exact) mass is 317 g/mol. The van der Waals surface area contributed by atoms with E-state index >= 15 is 0 Å². The van der Waals surface area contributed by atoms with Crippen molar-refractivity contribution in [3.05, 3.63) is 29.5 Å². The number of aromatic carboxylic acids is 1. The van der Waals surface area contributed by atoms with Crippen molar-refractivity contribution in [3.8, 4) is 5.75 Å². The third kappa shape index (κ3) is 3.48. The molecule has 0 saturated heterocycles. The summed E-state index contributed by atoms with van der Waals surface area (Å²) in [6.07, 6.45) is -5.36. The van der Waals surface area contributed by atoms with Crippen LogP contribution in [0.1, 0.15) is 22.5 Å². The highest BCUT2D eigenvalue weighted by atomic mass is 19.4. The molecule has 0 saturated carbocycles. The Hall–Kier alpha value is -2.71. The molecule has 0 aliphatic heterocycles. The molecule has 0 spiro atoms. The summed E-state index contributed by atoms with van der Waals surface area (Å²) in [5.41, 5.74) is 0.158. The molecule has 0 aliphatic carbocycles. The average Bonchev–Trinajstić information content (AvgIpc) is 2.72. The van der Waals surface area contributed by atoms with Crippen LogP contribution in [0.4, 0.5) is 13.2 Å². The van der Waals surface area contributed by atoms with Crippen LogP contribution in [0.25, 0.3) is 10.9 Å². The van der Waals surface area contributed by atoms with E-state index in [4.69, 9.17) is 10.2 Å². The smallest absolute Gasteiger partial charge is 0.481 e. The van der Waals surface area contributed by atoms with Gasteiger partial charge < -0.3 is 19.9 Å². The number of carboxylic acid groups (broad SMARTS) is 2. The standard InChI is InChI=1S/C13H10F3NO5/c14-13(15,16)22-6-1-3-9-8(5-6)7(2-4-10(18)19)11(17-9)12(20)21/h1,3,5,17H,2,4H2,(H,18,19)(H,20,21). The lowest BCUT2D eigenvalue weighted by molar-refractivity contribution is -0.274. The van der Waals surface area contributed by atoms with Crippen molar-refractivity contribution in [2.24, 2.45) is 0 Å². The molecule has 0 bridgehead atoms. The molecule has 118 valence electrons. The number of benzene rings is 1. The number of halogens is 3. The van der Waals surface area contributed by atoms with E-state index in [9.17, 15) is 22.8 Å². The third-order valence-electron chi connectivity index (χ3n) is 2.91. The Bertz CT molecular complexity index is 735. The first-order chi connectivity index (χ1) is 10.2. The highest BCUT2D eigenvalue weighted by Gasteiger charge is 2.31. The Morgan fingerprint density at radius 1 is 1.23 bits per heavy atom. The minimum Gasteiger partial charge on any atom is -0.481 e. The maximum Gasteiger partial charge on any atom is 0.573 e. The molecule has 1 aromatic heterocycles. The Kier molecular flexibility index (Phi) is 3.98. The normalized spacial score (nSPS) is 11.6. The Labute approximate surface area is 121 Å². The van der Waals surface area contributed by atoms with Gasteiger partial charge in [-0.3, -0.25) is 4.79 Å². The van der Waals surface area contributed by atoms with E-state index in [1.165, 1.54) is 6.07 Å². The summed E-state index contributed by atoms with van der Waals surface area (Å²) in [7, 11) is 0. The number of hydrogen-bond acceptors (Lipinski definition) is 3. The maximum absolute atomic E-state index is 12.2. The molecule has 6 nitrogen and oxygen atoms in total. The molecule has 0 atom stereocenters. The van der Waals surface area contributed by atoms with Crippen molar-refractivity contribution in [2.45, 2.75) is 19.2 Å². The van der Waals surface area contributed by atoms with Crippen molar-refractivity contribution in [3.63, 3.8) is 0 Å². The highest BCUT2D eigenvalue weighted by molar-refractivity contribution is 5.98. The van der Waals surface area contributed by atoms with Gasteiger partial charge in [0.05, 0.1) is 0 Å². The summed E-state index contributed by atoms with van der Waals surface area (Å²) in [6.45, 7) is 0. The zero-order valence-corrected chi connectivity index (χ0v) is 10.9. The van der Waals surface area contributed by atoms with Gasteiger partial charge in [-0.15, -0.1) is 13.2 Å².